The van der Waals surface area contributed by atoms with Gasteiger partial charge in [-0.25, -0.2) is 4.98 Å². The third kappa shape index (κ3) is 4.94. The van der Waals surface area contributed by atoms with Gasteiger partial charge in [0, 0.05) is 31.3 Å². The van der Waals surface area contributed by atoms with Crippen molar-refractivity contribution in [1.82, 2.24) is 14.7 Å². The Labute approximate surface area is 182 Å². The minimum absolute atomic E-state index is 0.0193. The third-order valence-corrected chi connectivity index (χ3v) is 5.52. The Kier molecular flexibility index (Phi) is 6.32. The van der Waals surface area contributed by atoms with Crippen molar-refractivity contribution in [2.45, 2.75) is 25.7 Å². The van der Waals surface area contributed by atoms with E-state index in [2.05, 4.69) is 32.9 Å². The van der Waals surface area contributed by atoms with E-state index in [0.29, 0.717) is 13.0 Å². The number of imidazole rings is 1. The highest BCUT2D eigenvalue weighted by molar-refractivity contribution is 5.77. The van der Waals surface area contributed by atoms with E-state index in [1.54, 1.807) is 7.11 Å². The van der Waals surface area contributed by atoms with Gasteiger partial charge < -0.3 is 14.5 Å². The predicted octanol–water partition coefficient (Wildman–Crippen LogP) is 4.53. The van der Waals surface area contributed by atoms with E-state index in [-0.39, 0.29) is 11.8 Å². The fourth-order valence-electron chi connectivity index (χ4n) is 3.86. The molecule has 0 aliphatic heterocycles. The van der Waals surface area contributed by atoms with Crippen LogP contribution in [0.1, 0.15) is 34.7 Å². The van der Waals surface area contributed by atoms with Crippen molar-refractivity contribution in [3.05, 3.63) is 102 Å². The summed E-state index contributed by atoms with van der Waals surface area (Å²) < 4.78 is 7.49. The minimum atomic E-state index is -0.135. The molecule has 2 aromatic carbocycles. The number of carbonyl (C=O) groups is 1. The van der Waals surface area contributed by atoms with Crippen LogP contribution in [-0.4, -0.2) is 28.9 Å². The van der Waals surface area contributed by atoms with Crippen molar-refractivity contribution in [3.63, 3.8) is 0 Å². The molecule has 31 heavy (non-hydrogen) atoms. The number of benzene rings is 2. The number of pyridine rings is 1. The van der Waals surface area contributed by atoms with Crippen LogP contribution >= 0.6 is 0 Å². The number of ether oxygens (including phenoxy) is 1. The SMILES string of the molecule is COc1cccc(C(CC(=O)NCCc2ccccc2)c2cnc3cc(C)ccn23)c1. The van der Waals surface area contributed by atoms with E-state index < -0.39 is 0 Å². The molecule has 0 bridgehead atoms. The van der Waals surface area contributed by atoms with Gasteiger partial charge in [-0.15, -0.1) is 0 Å². The van der Waals surface area contributed by atoms with E-state index in [9.17, 15) is 4.79 Å². The maximum absolute atomic E-state index is 12.9. The summed E-state index contributed by atoms with van der Waals surface area (Å²) in [6.07, 6.45) is 5.04. The van der Waals surface area contributed by atoms with Gasteiger partial charge in [0.05, 0.1) is 12.8 Å². The highest BCUT2D eigenvalue weighted by Gasteiger charge is 2.22. The van der Waals surface area contributed by atoms with Gasteiger partial charge in [-0.3, -0.25) is 4.79 Å². The molecule has 5 heteroatoms. The lowest BCUT2D eigenvalue weighted by Gasteiger charge is -2.18. The van der Waals surface area contributed by atoms with E-state index in [1.807, 2.05) is 67.8 Å². The molecule has 0 radical (unpaired) electrons. The first-order valence-corrected chi connectivity index (χ1v) is 10.5. The second-order valence-corrected chi connectivity index (χ2v) is 7.73. The number of fused-ring (bicyclic) bond motifs is 1. The first-order valence-electron chi connectivity index (χ1n) is 10.5. The van der Waals surface area contributed by atoms with Gasteiger partial charge in [-0.05, 0) is 54.3 Å². The fraction of sp³-hybridized carbons (Fsp3) is 0.231. The first kappa shape index (κ1) is 20.7. The predicted molar refractivity (Wildman–Crippen MR) is 123 cm³/mol. The average Bonchev–Trinajstić information content (AvgIpc) is 3.21. The number of nitrogens with one attached hydrogen (secondary N) is 1. The molecular formula is C26H27N3O2. The second-order valence-electron chi connectivity index (χ2n) is 7.73. The largest absolute Gasteiger partial charge is 0.497 e. The second kappa shape index (κ2) is 9.47. The summed E-state index contributed by atoms with van der Waals surface area (Å²) in [6.45, 7) is 2.66. The zero-order valence-electron chi connectivity index (χ0n) is 17.9. The minimum Gasteiger partial charge on any atom is -0.497 e. The fourth-order valence-corrected chi connectivity index (χ4v) is 3.86. The van der Waals surface area contributed by atoms with Crippen molar-refractivity contribution in [2.24, 2.45) is 0 Å². The number of methoxy groups -OCH3 is 1. The van der Waals surface area contributed by atoms with Crippen molar-refractivity contribution >= 4 is 11.6 Å². The molecule has 4 aromatic rings. The Hall–Kier alpha value is -3.60. The molecule has 0 fully saturated rings. The molecule has 5 nitrogen and oxygen atoms in total. The number of aromatic nitrogens is 2. The van der Waals surface area contributed by atoms with Crippen LogP contribution in [0.5, 0.6) is 5.75 Å². The third-order valence-electron chi connectivity index (χ3n) is 5.52. The summed E-state index contributed by atoms with van der Waals surface area (Å²) in [5, 5.41) is 3.08. The molecule has 1 N–H and O–H groups in total. The Morgan fingerprint density at radius 3 is 2.74 bits per heavy atom. The zero-order chi connectivity index (χ0) is 21.6. The molecular weight excluding hydrogens is 386 g/mol. The number of amides is 1. The quantitative estimate of drug-likeness (QED) is 0.462. The van der Waals surface area contributed by atoms with Gasteiger partial charge in [0.1, 0.15) is 11.4 Å². The van der Waals surface area contributed by atoms with Crippen molar-refractivity contribution in [1.29, 1.82) is 0 Å². The molecule has 1 amide bonds. The molecule has 1 unspecified atom stereocenters. The summed E-state index contributed by atoms with van der Waals surface area (Å²) in [4.78, 5) is 17.5. The molecule has 2 aromatic heterocycles. The summed E-state index contributed by atoms with van der Waals surface area (Å²) in [5.41, 5.74) is 5.26. The van der Waals surface area contributed by atoms with E-state index >= 15 is 0 Å². The van der Waals surface area contributed by atoms with Crippen LogP contribution in [0.25, 0.3) is 5.65 Å². The van der Waals surface area contributed by atoms with Gasteiger partial charge in [-0.1, -0.05) is 42.5 Å². The Bertz CT molecular complexity index is 1170. The maximum atomic E-state index is 12.9. The molecule has 158 valence electrons. The number of nitrogens with zero attached hydrogens (tertiary/aromatic N) is 2. The van der Waals surface area contributed by atoms with E-state index in [1.165, 1.54) is 5.56 Å². The lowest BCUT2D eigenvalue weighted by atomic mass is 9.92. The van der Waals surface area contributed by atoms with Crippen LogP contribution in [0.2, 0.25) is 0 Å². The van der Waals surface area contributed by atoms with Crippen LogP contribution < -0.4 is 10.1 Å². The molecule has 0 spiro atoms. The van der Waals surface area contributed by atoms with Gasteiger partial charge in [0.25, 0.3) is 0 Å². The smallest absolute Gasteiger partial charge is 0.221 e. The Balaban J connectivity index is 1.57. The standard InChI is InChI=1S/C26H27N3O2/c1-19-12-14-29-24(18-28-25(29)15-19)23(21-9-6-10-22(16-21)31-2)17-26(30)27-13-11-20-7-4-3-5-8-20/h3-10,12,14-16,18,23H,11,13,17H2,1-2H3,(H,27,30). The first-order chi connectivity index (χ1) is 15.1. The molecule has 2 heterocycles. The lowest BCUT2D eigenvalue weighted by Crippen LogP contribution is -2.27. The van der Waals surface area contributed by atoms with Crippen molar-refractivity contribution < 1.29 is 9.53 Å². The Morgan fingerprint density at radius 2 is 1.94 bits per heavy atom. The van der Waals surface area contributed by atoms with Crippen molar-refractivity contribution in [3.8, 4) is 5.75 Å². The highest BCUT2D eigenvalue weighted by atomic mass is 16.5. The Morgan fingerprint density at radius 1 is 1.10 bits per heavy atom. The summed E-state index contributed by atoms with van der Waals surface area (Å²) in [6, 6.07) is 22.2. The highest BCUT2D eigenvalue weighted by Crippen LogP contribution is 2.31. The summed E-state index contributed by atoms with van der Waals surface area (Å²) in [5.74, 6) is 0.659. The molecule has 1 atom stereocenters. The van der Waals surface area contributed by atoms with E-state index in [0.717, 1.165) is 34.6 Å². The van der Waals surface area contributed by atoms with Gasteiger partial charge in [0.2, 0.25) is 5.91 Å². The number of rotatable bonds is 8. The molecule has 0 aliphatic rings. The topological polar surface area (TPSA) is 55.6 Å². The molecule has 0 aliphatic carbocycles. The molecule has 0 saturated heterocycles. The summed E-state index contributed by atoms with van der Waals surface area (Å²) in [7, 11) is 1.65. The van der Waals surface area contributed by atoms with Crippen LogP contribution in [0.3, 0.4) is 0 Å². The van der Waals surface area contributed by atoms with Gasteiger partial charge in [-0.2, -0.15) is 0 Å². The summed E-state index contributed by atoms with van der Waals surface area (Å²) >= 11 is 0. The number of hydrogen-bond donors (Lipinski definition) is 1. The van der Waals surface area contributed by atoms with Crippen LogP contribution in [0.15, 0.2) is 79.1 Å². The normalized spacial score (nSPS) is 11.9. The van der Waals surface area contributed by atoms with Crippen molar-refractivity contribution in [2.75, 3.05) is 13.7 Å². The monoisotopic (exact) mass is 413 g/mol. The van der Waals surface area contributed by atoms with Crippen LogP contribution in [0.4, 0.5) is 0 Å². The zero-order valence-corrected chi connectivity index (χ0v) is 17.9. The molecule has 0 saturated carbocycles. The number of aryl methyl sites for hydroxylation is 1. The molecule has 4 rings (SSSR count). The van der Waals surface area contributed by atoms with Crippen LogP contribution in [0, 0.1) is 6.92 Å². The lowest BCUT2D eigenvalue weighted by molar-refractivity contribution is -0.121. The van der Waals surface area contributed by atoms with Gasteiger partial charge >= 0.3 is 0 Å². The number of carbonyl (C=O) groups excluding carboxylic acids is 1. The number of hydrogen-bond acceptors (Lipinski definition) is 3. The average molecular weight is 414 g/mol. The van der Waals surface area contributed by atoms with E-state index in [4.69, 9.17) is 4.74 Å². The van der Waals surface area contributed by atoms with Gasteiger partial charge in [0.15, 0.2) is 0 Å². The van der Waals surface area contributed by atoms with Crippen LogP contribution in [-0.2, 0) is 11.2 Å². The maximum Gasteiger partial charge on any atom is 0.221 e.